The molecule has 0 aliphatic carbocycles. The van der Waals surface area contributed by atoms with Crippen LogP contribution >= 0.6 is 0 Å². The van der Waals surface area contributed by atoms with Crippen LogP contribution < -0.4 is 0 Å². The summed E-state index contributed by atoms with van der Waals surface area (Å²) < 4.78 is 22.3. The molecule has 0 spiro atoms. The smallest absolute Gasteiger partial charge is 0.377 e. The van der Waals surface area contributed by atoms with Gasteiger partial charge < -0.3 is 18.9 Å². The van der Waals surface area contributed by atoms with Crippen LogP contribution in [0.2, 0.25) is 0 Å². The highest BCUT2D eigenvalue weighted by Crippen LogP contribution is 2.24. The van der Waals surface area contributed by atoms with Crippen LogP contribution in [0.5, 0.6) is 0 Å². The van der Waals surface area contributed by atoms with E-state index >= 15 is 0 Å². The van der Waals surface area contributed by atoms with Crippen LogP contribution in [0, 0.1) is 0 Å². The third kappa shape index (κ3) is 6.69. The molecule has 1 aliphatic rings. The van der Waals surface area contributed by atoms with Gasteiger partial charge in [-0.25, -0.2) is 4.79 Å². The van der Waals surface area contributed by atoms with Crippen LogP contribution in [-0.2, 0) is 23.7 Å². The lowest BCUT2D eigenvalue weighted by molar-refractivity contribution is -0.143. The maximum Gasteiger partial charge on any atom is 0.377 e. The molecule has 0 aromatic heterocycles. The van der Waals surface area contributed by atoms with Crippen molar-refractivity contribution in [1.82, 2.24) is 0 Å². The van der Waals surface area contributed by atoms with Crippen molar-refractivity contribution in [2.24, 2.45) is 0 Å². The molecule has 1 aliphatic heterocycles. The first-order chi connectivity index (χ1) is 10.7. The molecule has 0 aromatic carbocycles. The fourth-order valence-corrected chi connectivity index (χ4v) is 2.17. The first-order valence-electron chi connectivity index (χ1n) is 8.50. The maximum absolute atomic E-state index is 12.3. The van der Waals surface area contributed by atoms with Crippen molar-refractivity contribution in [3.63, 3.8) is 0 Å². The molecule has 0 aromatic rings. The number of ether oxygens (including phenoxy) is 4. The molecule has 1 saturated heterocycles. The first-order valence-corrected chi connectivity index (χ1v) is 8.50. The van der Waals surface area contributed by atoms with Gasteiger partial charge in [-0.2, -0.15) is 0 Å². The first kappa shape index (κ1) is 18.8. The van der Waals surface area contributed by atoms with Crippen molar-refractivity contribution in [3.8, 4) is 0 Å². The van der Waals surface area contributed by atoms with E-state index < -0.39 is 5.97 Å². The summed E-state index contributed by atoms with van der Waals surface area (Å²) in [5.74, 6) is 0.363. The van der Waals surface area contributed by atoms with Crippen LogP contribution in [0.3, 0.4) is 0 Å². The summed E-state index contributed by atoms with van der Waals surface area (Å²) in [7, 11) is 0. The Morgan fingerprint density at radius 1 is 1.00 bits per heavy atom. The van der Waals surface area contributed by atoms with E-state index in [1.165, 1.54) is 0 Å². The fourth-order valence-electron chi connectivity index (χ4n) is 2.17. The highest BCUT2D eigenvalue weighted by molar-refractivity contribution is 5.86. The zero-order valence-corrected chi connectivity index (χ0v) is 14.2. The monoisotopic (exact) mass is 314 g/mol. The van der Waals surface area contributed by atoms with Gasteiger partial charge in [-0.1, -0.05) is 20.8 Å². The highest BCUT2D eigenvalue weighted by atomic mass is 16.6. The Kier molecular flexibility index (Phi) is 9.71. The number of esters is 1. The Hall–Kier alpha value is -1.23. The summed E-state index contributed by atoms with van der Waals surface area (Å²) in [6.07, 6.45) is 5.20. The molecule has 0 radical (unpaired) electrons. The van der Waals surface area contributed by atoms with Crippen LogP contribution in [0.4, 0.5) is 0 Å². The molecule has 5 heteroatoms. The van der Waals surface area contributed by atoms with E-state index in [2.05, 4.69) is 0 Å². The molecular weight excluding hydrogens is 284 g/mol. The van der Waals surface area contributed by atoms with Crippen molar-refractivity contribution in [1.29, 1.82) is 0 Å². The van der Waals surface area contributed by atoms with Crippen LogP contribution in [0.25, 0.3) is 0 Å². The lowest BCUT2D eigenvalue weighted by Crippen LogP contribution is -2.18. The Morgan fingerprint density at radius 3 is 2.23 bits per heavy atom. The van der Waals surface area contributed by atoms with Crippen molar-refractivity contribution in [2.75, 3.05) is 26.4 Å². The number of hydrogen-bond acceptors (Lipinski definition) is 5. The average Bonchev–Trinajstić information content (AvgIpc) is 3.03. The molecule has 5 nitrogen and oxygen atoms in total. The van der Waals surface area contributed by atoms with Crippen LogP contribution in [0.15, 0.2) is 11.5 Å². The number of carbonyl (C=O) groups excluding carboxylic acids is 1. The summed E-state index contributed by atoms with van der Waals surface area (Å²) in [5.41, 5.74) is 0. The SMILES string of the molecule is CCCOC(=O)C(OCCC)=C(CC1CCCO1)OCCC. The van der Waals surface area contributed by atoms with Gasteiger partial charge in [0.05, 0.1) is 25.9 Å². The summed E-state index contributed by atoms with van der Waals surface area (Å²) in [6, 6.07) is 0. The van der Waals surface area contributed by atoms with Crippen molar-refractivity contribution < 1.29 is 23.7 Å². The van der Waals surface area contributed by atoms with Gasteiger partial charge in [-0.05, 0) is 32.1 Å². The zero-order valence-electron chi connectivity index (χ0n) is 14.2. The van der Waals surface area contributed by atoms with E-state index in [0.29, 0.717) is 32.0 Å². The standard InChI is InChI=1S/C17H30O5/c1-4-9-20-15(13-14-8-7-12-19-14)16(21-10-5-2)17(18)22-11-6-3/h14H,4-13H2,1-3H3. The Morgan fingerprint density at radius 2 is 1.64 bits per heavy atom. The van der Waals surface area contributed by atoms with Gasteiger partial charge in [0.2, 0.25) is 5.76 Å². The number of hydrogen-bond donors (Lipinski definition) is 0. The van der Waals surface area contributed by atoms with Gasteiger partial charge in [-0.15, -0.1) is 0 Å². The predicted molar refractivity (Wildman–Crippen MR) is 84.4 cm³/mol. The molecule has 1 heterocycles. The molecule has 1 atom stereocenters. The average molecular weight is 314 g/mol. The van der Waals surface area contributed by atoms with E-state index in [4.69, 9.17) is 18.9 Å². The fraction of sp³-hybridized carbons (Fsp3) is 0.824. The van der Waals surface area contributed by atoms with Crippen LogP contribution in [0.1, 0.15) is 59.3 Å². The predicted octanol–water partition coefficient (Wildman–Crippen LogP) is 3.57. The second kappa shape index (κ2) is 11.4. The van der Waals surface area contributed by atoms with E-state index in [0.717, 1.165) is 38.7 Å². The Bertz CT molecular complexity index is 345. The van der Waals surface area contributed by atoms with Gasteiger partial charge in [0.1, 0.15) is 5.76 Å². The molecule has 0 saturated carbocycles. The third-order valence-electron chi connectivity index (χ3n) is 3.24. The summed E-state index contributed by atoms with van der Waals surface area (Å²) in [6.45, 7) is 8.19. The zero-order chi connectivity index (χ0) is 16.2. The molecule has 22 heavy (non-hydrogen) atoms. The lowest BCUT2D eigenvalue weighted by Gasteiger charge is -2.18. The van der Waals surface area contributed by atoms with Gasteiger partial charge >= 0.3 is 5.97 Å². The summed E-state index contributed by atoms with van der Waals surface area (Å²) in [4.78, 5) is 12.3. The van der Waals surface area contributed by atoms with Gasteiger partial charge in [-0.3, -0.25) is 0 Å². The molecule has 128 valence electrons. The van der Waals surface area contributed by atoms with Crippen molar-refractivity contribution >= 4 is 5.97 Å². The number of rotatable bonds is 11. The normalized spacial score (nSPS) is 18.8. The second-order valence-corrected chi connectivity index (χ2v) is 5.42. The Labute approximate surface area is 133 Å². The maximum atomic E-state index is 12.3. The molecule has 1 fully saturated rings. The van der Waals surface area contributed by atoms with E-state index in [9.17, 15) is 4.79 Å². The summed E-state index contributed by atoms with van der Waals surface area (Å²) in [5, 5.41) is 0. The van der Waals surface area contributed by atoms with E-state index in [-0.39, 0.29) is 11.9 Å². The molecule has 1 rings (SSSR count). The largest absolute Gasteiger partial charge is 0.494 e. The van der Waals surface area contributed by atoms with Gasteiger partial charge in [0.15, 0.2) is 0 Å². The van der Waals surface area contributed by atoms with Gasteiger partial charge in [0.25, 0.3) is 0 Å². The second-order valence-electron chi connectivity index (χ2n) is 5.42. The minimum atomic E-state index is -0.431. The minimum Gasteiger partial charge on any atom is -0.494 e. The van der Waals surface area contributed by atoms with Gasteiger partial charge in [0, 0.05) is 13.0 Å². The molecule has 1 unspecified atom stereocenters. The topological polar surface area (TPSA) is 54.0 Å². The lowest BCUT2D eigenvalue weighted by atomic mass is 10.1. The molecule has 0 bridgehead atoms. The van der Waals surface area contributed by atoms with Crippen LogP contribution in [-0.4, -0.2) is 38.5 Å². The molecule has 0 amide bonds. The third-order valence-corrected chi connectivity index (χ3v) is 3.24. The summed E-state index contributed by atoms with van der Waals surface area (Å²) >= 11 is 0. The Balaban J connectivity index is 2.86. The quantitative estimate of drug-likeness (QED) is 0.331. The molecule has 0 N–H and O–H groups in total. The molecular formula is C17H30O5. The highest BCUT2D eigenvalue weighted by Gasteiger charge is 2.25. The van der Waals surface area contributed by atoms with E-state index in [1.54, 1.807) is 0 Å². The number of carbonyl (C=O) groups is 1. The minimum absolute atomic E-state index is 0.103. The van der Waals surface area contributed by atoms with Crippen molar-refractivity contribution in [2.45, 2.75) is 65.4 Å². The van der Waals surface area contributed by atoms with E-state index in [1.807, 2.05) is 20.8 Å². The van der Waals surface area contributed by atoms with Crippen molar-refractivity contribution in [3.05, 3.63) is 11.5 Å².